The van der Waals surface area contributed by atoms with Gasteiger partial charge in [-0.1, -0.05) is 36.4 Å². The quantitative estimate of drug-likeness (QED) is 0.849. The van der Waals surface area contributed by atoms with Gasteiger partial charge in [0.05, 0.1) is 0 Å². The van der Waals surface area contributed by atoms with Gasteiger partial charge in [-0.15, -0.1) is 0 Å². The molecule has 0 saturated heterocycles. The van der Waals surface area contributed by atoms with E-state index in [9.17, 15) is 9.59 Å². The zero-order valence-corrected chi connectivity index (χ0v) is 15.9. The summed E-state index contributed by atoms with van der Waals surface area (Å²) in [4.78, 5) is 25.0. The molecule has 0 unspecified atom stereocenters. The van der Waals surface area contributed by atoms with Crippen LogP contribution in [0.4, 0.5) is 10.5 Å². The van der Waals surface area contributed by atoms with E-state index >= 15 is 0 Å². The minimum Gasteiger partial charge on any atom is -0.444 e. The molecule has 0 radical (unpaired) electrons. The number of nitrogens with one attached hydrogen (secondary N) is 2. The minimum atomic E-state index is -0.854. The second-order valence-electron chi connectivity index (χ2n) is 7.28. The molecule has 0 aliphatic carbocycles. The highest BCUT2D eigenvalue weighted by Crippen LogP contribution is 2.19. The van der Waals surface area contributed by atoms with Crippen molar-refractivity contribution in [3.05, 3.63) is 65.2 Å². The lowest BCUT2D eigenvalue weighted by molar-refractivity contribution is -0.118. The van der Waals surface area contributed by atoms with E-state index in [0.29, 0.717) is 11.3 Å². The average Bonchev–Trinajstić information content (AvgIpc) is 2.55. The summed E-state index contributed by atoms with van der Waals surface area (Å²) in [6, 6.07) is 13.9. The molecule has 26 heavy (non-hydrogen) atoms. The minimum absolute atomic E-state index is 0.328. The van der Waals surface area contributed by atoms with E-state index in [4.69, 9.17) is 4.74 Å². The molecule has 0 spiro atoms. The highest BCUT2D eigenvalue weighted by atomic mass is 16.6. The zero-order chi connectivity index (χ0) is 19.3. The third kappa shape index (κ3) is 5.62. The number of anilines is 1. The van der Waals surface area contributed by atoms with E-state index in [1.807, 2.05) is 50.2 Å². The van der Waals surface area contributed by atoms with E-state index in [1.165, 1.54) is 0 Å². The molecule has 0 aliphatic rings. The number of alkyl carbamates (subject to hydrolysis) is 1. The molecule has 1 atom stereocenters. The molecule has 138 valence electrons. The van der Waals surface area contributed by atoms with Crippen molar-refractivity contribution in [2.75, 3.05) is 5.32 Å². The zero-order valence-electron chi connectivity index (χ0n) is 15.9. The first-order valence-corrected chi connectivity index (χ1v) is 8.58. The van der Waals surface area contributed by atoms with Crippen LogP contribution in [0.1, 0.15) is 43.5 Å². The van der Waals surface area contributed by atoms with Crippen LogP contribution in [0.15, 0.2) is 48.5 Å². The lowest BCUT2D eigenvalue weighted by atomic mass is 10.1. The SMILES string of the molecule is Cc1ccc(NC(=O)[C@H](NC(=O)OC(C)(C)C)c2ccccc2)cc1C. The van der Waals surface area contributed by atoms with Gasteiger partial charge in [-0.25, -0.2) is 4.79 Å². The number of rotatable bonds is 4. The van der Waals surface area contributed by atoms with Crippen molar-refractivity contribution in [3.8, 4) is 0 Å². The van der Waals surface area contributed by atoms with E-state index in [1.54, 1.807) is 32.9 Å². The third-order valence-electron chi connectivity index (χ3n) is 3.83. The Morgan fingerprint density at radius 3 is 2.19 bits per heavy atom. The molecule has 5 nitrogen and oxygen atoms in total. The van der Waals surface area contributed by atoms with Crippen molar-refractivity contribution in [3.63, 3.8) is 0 Å². The smallest absolute Gasteiger partial charge is 0.408 e. The van der Waals surface area contributed by atoms with Crippen molar-refractivity contribution in [1.29, 1.82) is 0 Å². The van der Waals surface area contributed by atoms with Gasteiger partial charge in [-0.3, -0.25) is 4.79 Å². The first kappa shape index (κ1) is 19.5. The summed E-state index contributed by atoms with van der Waals surface area (Å²) in [6.07, 6.45) is -0.637. The molecule has 2 N–H and O–H groups in total. The predicted octanol–water partition coefficient (Wildman–Crippen LogP) is 4.51. The van der Waals surface area contributed by atoms with Crippen LogP contribution in [0.2, 0.25) is 0 Å². The van der Waals surface area contributed by atoms with Gasteiger partial charge in [-0.05, 0) is 63.4 Å². The van der Waals surface area contributed by atoms with Crippen LogP contribution in [0.5, 0.6) is 0 Å². The predicted molar refractivity (Wildman–Crippen MR) is 103 cm³/mol. The Labute approximate surface area is 154 Å². The fourth-order valence-corrected chi connectivity index (χ4v) is 2.40. The van der Waals surface area contributed by atoms with Crippen LogP contribution in [-0.4, -0.2) is 17.6 Å². The van der Waals surface area contributed by atoms with Crippen LogP contribution < -0.4 is 10.6 Å². The van der Waals surface area contributed by atoms with E-state index in [0.717, 1.165) is 11.1 Å². The maximum absolute atomic E-state index is 12.8. The molecule has 2 aromatic carbocycles. The monoisotopic (exact) mass is 354 g/mol. The lowest BCUT2D eigenvalue weighted by Crippen LogP contribution is -2.40. The number of aryl methyl sites for hydroxylation is 2. The first-order valence-electron chi connectivity index (χ1n) is 8.58. The number of hydrogen-bond donors (Lipinski definition) is 2. The summed E-state index contributed by atoms with van der Waals surface area (Å²) < 4.78 is 5.29. The maximum Gasteiger partial charge on any atom is 0.408 e. The fourth-order valence-electron chi connectivity index (χ4n) is 2.40. The van der Waals surface area contributed by atoms with Gasteiger partial charge in [0.15, 0.2) is 0 Å². The summed E-state index contributed by atoms with van der Waals surface area (Å²) in [5, 5.41) is 5.53. The highest BCUT2D eigenvalue weighted by molar-refractivity contribution is 5.97. The highest BCUT2D eigenvalue weighted by Gasteiger charge is 2.25. The summed E-state index contributed by atoms with van der Waals surface area (Å²) in [5.41, 5.74) is 2.95. The van der Waals surface area contributed by atoms with Crippen LogP contribution in [0.3, 0.4) is 0 Å². The van der Waals surface area contributed by atoms with Crippen molar-refractivity contribution in [2.45, 2.75) is 46.3 Å². The van der Waals surface area contributed by atoms with Crippen molar-refractivity contribution in [2.24, 2.45) is 0 Å². The Morgan fingerprint density at radius 1 is 0.962 bits per heavy atom. The van der Waals surface area contributed by atoms with Crippen molar-refractivity contribution >= 4 is 17.7 Å². The number of carbonyl (C=O) groups is 2. The molecule has 0 fully saturated rings. The second kappa shape index (κ2) is 8.04. The number of amides is 2. The number of carbonyl (C=O) groups excluding carboxylic acids is 2. The van der Waals surface area contributed by atoms with Gasteiger partial charge in [0.2, 0.25) is 0 Å². The third-order valence-corrected chi connectivity index (χ3v) is 3.83. The lowest BCUT2D eigenvalue weighted by Gasteiger charge is -2.23. The molecule has 0 aliphatic heterocycles. The molecule has 0 saturated carbocycles. The Bertz CT molecular complexity index is 780. The number of hydrogen-bond acceptors (Lipinski definition) is 3. The molecule has 0 aromatic heterocycles. The molecule has 0 bridgehead atoms. The summed E-state index contributed by atoms with van der Waals surface area (Å²) in [5.74, 6) is -0.328. The molecule has 2 aromatic rings. The summed E-state index contributed by atoms with van der Waals surface area (Å²) in [7, 11) is 0. The average molecular weight is 354 g/mol. The van der Waals surface area contributed by atoms with Gasteiger partial charge in [0.25, 0.3) is 5.91 Å². The Kier molecular flexibility index (Phi) is 6.03. The summed E-state index contributed by atoms with van der Waals surface area (Å²) >= 11 is 0. The number of benzene rings is 2. The van der Waals surface area contributed by atoms with E-state index < -0.39 is 17.7 Å². The molecule has 2 rings (SSSR count). The Morgan fingerprint density at radius 2 is 1.62 bits per heavy atom. The van der Waals surface area contributed by atoms with Gasteiger partial charge in [0.1, 0.15) is 11.6 Å². The summed E-state index contributed by atoms with van der Waals surface area (Å²) in [6.45, 7) is 9.33. The van der Waals surface area contributed by atoms with Crippen molar-refractivity contribution < 1.29 is 14.3 Å². The van der Waals surface area contributed by atoms with Gasteiger partial charge in [0, 0.05) is 5.69 Å². The van der Waals surface area contributed by atoms with Crippen LogP contribution in [0, 0.1) is 13.8 Å². The van der Waals surface area contributed by atoms with Crippen molar-refractivity contribution in [1.82, 2.24) is 5.32 Å². The molecular weight excluding hydrogens is 328 g/mol. The Balaban J connectivity index is 2.21. The molecule has 0 heterocycles. The maximum atomic E-state index is 12.8. The van der Waals surface area contributed by atoms with Crippen LogP contribution >= 0.6 is 0 Å². The van der Waals surface area contributed by atoms with Crippen LogP contribution in [-0.2, 0) is 9.53 Å². The molecular formula is C21H26N2O3. The van der Waals surface area contributed by atoms with Gasteiger partial charge >= 0.3 is 6.09 Å². The fraction of sp³-hybridized carbons (Fsp3) is 0.333. The normalized spacial score (nSPS) is 12.2. The van der Waals surface area contributed by atoms with Crippen LogP contribution in [0.25, 0.3) is 0 Å². The standard InChI is InChI=1S/C21H26N2O3/c1-14-11-12-17(13-15(14)2)22-19(24)18(16-9-7-6-8-10-16)23-20(25)26-21(3,4)5/h6-13,18H,1-5H3,(H,22,24)(H,23,25)/t18-/m1/s1. The van der Waals surface area contributed by atoms with Gasteiger partial charge < -0.3 is 15.4 Å². The first-order chi connectivity index (χ1) is 12.2. The molecule has 5 heteroatoms. The largest absolute Gasteiger partial charge is 0.444 e. The van der Waals surface area contributed by atoms with E-state index in [-0.39, 0.29) is 5.91 Å². The topological polar surface area (TPSA) is 67.4 Å². The van der Waals surface area contributed by atoms with E-state index in [2.05, 4.69) is 10.6 Å². The second-order valence-corrected chi connectivity index (χ2v) is 7.28. The Hall–Kier alpha value is -2.82. The van der Waals surface area contributed by atoms with Gasteiger partial charge in [-0.2, -0.15) is 0 Å². The number of ether oxygens (including phenoxy) is 1. The molecule has 2 amide bonds.